The second-order valence-electron chi connectivity index (χ2n) is 4.75. The van der Waals surface area contributed by atoms with Gasteiger partial charge in [0.1, 0.15) is 5.01 Å². The topological polar surface area (TPSA) is 58.5 Å². The van der Waals surface area contributed by atoms with E-state index in [2.05, 4.69) is 34.5 Å². The highest BCUT2D eigenvalue weighted by molar-refractivity contribution is 7.11. The molecule has 0 aromatic carbocycles. The lowest BCUT2D eigenvalue weighted by Gasteiger charge is -2.10. The van der Waals surface area contributed by atoms with E-state index in [9.17, 15) is 0 Å². The summed E-state index contributed by atoms with van der Waals surface area (Å²) in [4.78, 5) is 10.3. The summed E-state index contributed by atoms with van der Waals surface area (Å²) >= 11 is 1.74. The third-order valence-electron chi connectivity index (χ3n) is 2.98. The molecule has 0 atom stereocenters. The summed E-state index contributed by atoms with van der Waals surface area (Å²) in [5, 5.41) is 7.70. The monoisotopic (exact) mass is 312 g/mol. The molecule has 2 N–H and O–H groups in total. The zero-order chi connectivity index (χ0) is 15.3. The van der Waals surface area contributed by atoms with Gasteiger partial charge in [0.15, 0.2) is 5.96 Å². The lowest BCUT2D eigenvalue weighted by atomic mass is 10.2. The van der Waals surface area contributed by atoms with Crippen LogP contribution in [-0.2, 0) is 17.7 Å². The minimum absolute atomic E-state index is 0.643. The number of guanidine groups is 1. The highest BCUT2D eigenvalue weighted by Crippen LogP contribution is 2.13. The Morgan fingerprint density at radius 2 is 2.14 bits per heavy atom. The normalized spacial score (nSPS) is 11.7. The maximum absolute atomic E-state index is 5.04. The molecule has 0 aliphatic heterocycles. The van der Waals surface area contributed by atoms with Crippen LogP contribution in [-0.4, -0.2) is 37.7 Å². The predicted molar refractivity (Wildman–Crippen MR) is 90.0 cm³/mol. The second kappa shape index (κ2) is 11.5. The summed E-state index contributed by atoms with van der Waals surface area (Å²) in [5.74, 6) is 0.873. The number of hydrogen-bond acceptors (Lipinski definition) is 4. The van der Waals surface area contributed by atoms with Crippen LogP contribution in [0.3, 0.4) is 0 Å². The van der Waals surface area contributed by atoms with Crippen LogP contribution < -0.4 is 10.6 Å². The minimum Gasteiger partial charge on any atom is -0.385 e. The fourth-order valence-corrected chi connectivity index (χ4v) is 2.61. The molecule has 0 amide bonds. The number of rotatable bonds is 10. The third-order valence-corrected chi connectivity index (χ3v) is 4.11. The molecule has 5 nitrogen and oxygen atoms in total. The van der Waals surface area contributed by atoms with Crippen molar-refractivity contribution in [3.8, 4) is 0 Å². The molecule has 0 saturated heterocycles. The van der Waals surface area contributed by atoms with Crippen molar-refractivity contribution in [3.05, 3.63) is 16.1 Å². The summed E-state index contributed by atoms with van der Waals surface area (Å²) < 4.78 is 5.04. The molecule has 0 radical (unpaired) electrons. The number of nitrogens with zero attached hydrogens (tertiary/aromatic N) is 2. The number of ether oxygens (including phenoxy) is 1. The molecule has 0 aliphatic carbocycles. The number of hydrogen-bond donors (Lipinski definition) is 2. The Balaban J connectivity index is 2.31. The van der Waals surface area contributed by atoms with E-state index in [0.29, 0.717) is 6.54 Å². The van der Waals surface area contributed by atoms with Crippen LogP contribution in [0.4, 0.5) is 0 Å². The average Bonchev–Trinajstić information content (AvgIpc) is 2.96. The molecular weight excluding hydrogens is 284 g/mol. The van der Waals surface area contributed by atoms with Gasteiger partial charge in [-0.3, -0.25) is 0 Å². The van der Waals surface area contributed by atoms with Crippen LogP contribution in [0.25, 0.3) is 0 Å². The van der Waals surface area contributed by atoms with Gasteiger partial charge in [0.2, 0.25) is 0 Å². The molecule has 0 aliphatic rings. The summed E-state index contributed by atoms with van der Waals surface area (Å²) in [6.07, 6.45) is 6.41. The van der Waals surface area contributed by atoms with Crippen molar-refractivity contribution in [1.29, 1.82) is 0 Å². The number of aliphatic imine (C=N–C) groups is 1. The summed E-state index contributed by atoms with van der Waals surface area (Å²) in [6, 6.07) is 0. The molecule has 21 heavy (non-hydrogen) atoms. The van der Waals surface area contributed by atoms with Crippen molar-refractivity contribution in [2.75, 3.05) is 26.8 Å². The van der Waals surface area contributed by atoms with Gasteiger partial charge in [0, 0.05) is 37.9 Å². The van der Waals surface area contributed by atoms with Gasteiger partial charge in [-0.2, -0.15) is 0 Å². The fourth-order valence-electron chi connectivity index (χ4n) is 1.83. The van der Waals surface area contributed by atoms with Crippen molar-refractivity contribution in [3.63, 3.8) is 0 Å². The molecular formula is C15H28N4OS. The van der Waals surface area contributed by atoms with Crippen LogP contribution in [0.1, 0.15) is 43.0 Å². The van der Waals surface area contributed by atoms with Crippen LogP contribution in [0.15, 0.2) is 11.2 Å². The minimum atomic E-state index is 0.643. The molecule has 0 unspecified atom stereocenters. The van der Waals surface area contributed by atoms with Crippen molar-refractivity contribution in [2.24, 2.45) is 4.99 Å². The highest BCUT2D eigenvalue weighted by Gasteiger charge is 2.01. The molecule has 0 fully saturated rings. The van der Waals surface area contributed by atoms with Gasteiger partial charge < -0.3 is 15.4 Å². The maximum Gasteiger partial charge on any atom is 0.191 e. The Labute approximate surface area is 132 Å². The van der Waals surface area contributed by atoms with Crippen LogP contribution in [0.2, 0.25) is 0 Å². The maximum atomic E-state index is 5.04. The zero-order valence-corrected chi connectivity index (χ0v) is 14.3. The van der Waals surface area contributed by atoms with Gasteiger partial charge in [-0.05, 0) is 32.6 Å². The Morgan fingerprint density at radius 1 is 1.29 bits per heavy atom. The molecule has 1 heterocycles. The van der Waals surface area contributed by atoms with Crippen LogP contribution in [0.5, 0.6) is 0 Å². The standard InChI is InChI=1S/C15H28N4OS/c1-4-13-11-18-14(21-13)12-19-15(16-5-2)17-9-7-6-8-10-20-3/h11H,4-10,12H2,1-3H3,(H2,16,17,19). The highest BCUT2D eigenvalue weighted by atomic mass is 32.1. The molecule has 0 saturated carbocycles. The van der Waals surface area contributed by atoms with Crippen molar-refractivity contribution in [1.82, 2.24) is 15.6 Å². The molecule has 1 aromatic heterocycles. The first-order valence-corrected chi connectivity index (χ1v) is 8.56. The Bertz CT molecular complexity index is 406. The molecule has 0 spiro atoms. The molecule has 120 valence electrons. The van der Waals surface area contributed by atoms with Gasteiger partial charge >= 0.3 is 0 Å². The quantitative estimate of drug-likeness (QED) is 0.396. The zero-order valence-electron chi connectivity index (χ0n) is 13.4. The van der Waals surface area contributed by atoms with E-state index < -0.39 is 0 Å². The number of aryl methyl sites for hydroxylation is 1. The van der Waals surface area contributed by atoms with Crippen molar-refractivity contribution < 1.29 is 4.74 Å². The van der Waals surface area contributed by atoms with Gasteiger partial charge in [0.05, 0.1) is 6.54 Å². The van der Waals surface area contributed by atoms with Gasteiger partial charge in [-0.1, -0.05) is 6.92 Å². The Morgan fingerprint density at radius 3 is 2.81 bits per heavy atom. The van der Waals surface area contributed by atoms with Crippen LogP contribution >= 0.6 is 11.3 Å². The first-order valence-electron chi connectivity index (χ1n) is 7.74. The van der Waals surface area contributed by atoms with Crippen molar-refractivity contribution >= 4 is 17.3 Å². The molecule has 0 bridgehead atoms. The van der Waals surface area contributed by atoms with E-state index in [1.807, 2.05) is 6.20 Å². The SMILES string of the molecule is CCNC(=NCc1ncc(CC)s1)NCCCCCOC. The predicted octanol–water partition coefficient (Wildman–Crippen LogP) is 2.58. The smallest absolute Gasteiger partial charge is 0.191 e. The van der Waals surface area contributed by atoms with E-state index in [1.165, 1.54) is 11.3 Å². The van der Waals surface area contributed by atoms with Gasteiger partial charge in [-0.15, -0.1) is 11.3 Å². The first-order chi connectivity index (χ1) is 10.3. The number of methoxy groups -OCH3 is 1. The average molecular weight is 312 g/mol. The number of nitrogens with one attached hydrogen (secondary N) is 2. The Hall–Kier alpha value is -1.14. The number of thiazole rings is 1. The fraction of sp³-hybridized carbons (Fsp3) is 0.733. The Kier molecular flexibility index (Phi) is 9.82. The van der Waals surface area contributed by atoms with Crippen molar-refractivity contribution in [2.45, 2.75) is 46.1 Å². The van der Waals surface area contributed by atoms with Crippen LogP contribution in [0, 0.1) is 0 Å². The largest absolute Gasteiger partial charge is 0.385 e. The van der Waals surface area contributed by atoms with E-state index in [4.69, 9.17) is 4.74 Å². The molecule has 1 rings (SSSR count). The summed E-state index contributed by atoms with van der Waals surface area (Å²) in [7, 11) is 1.75. The number of aromatic nitrogens is 1. The number of unbranched alkanes of at least 4 members (excludes halogenated alkanes) is 2. The first kappa shape index (κ1) is 17.9. The lowest BCUT2D eigenvalue weighted by Crippen LogP contribution is -2.37. The molecule has 6 heteroatoms. The van der Waals surface area contributed by atoms with E-state index in [1.54, 1.807) is 18.4 Å². The summed E-state index contributed by atoms with van der Waals surface area (Å²) in [5.41, 5.74) is 0. The second-order valence-corrected chi connectivity index (χ2v) is 5.95. The third kappa shape index (κ3) is 8.02. The summed E-state index contributed by atoms with van der Waals surface area (Å²) in [6.45, 7) is 7.52. The molecule has 1 aromatic rings. The van der Waals surface area contributed by atoms with Gasteiger partial charge in [-0.25, -0.2) is 9.98 Å². The van der Waals surface area contributed by atoms with E-state index in [-0.39, 0.29) is 0 Å². The van der Waals surface area contributed by atoms with Gasteiger partial charge in [0.25, 0.3) is 0 Å². The van der Waals surface area contributed by atoms with E-state index in [0.717, 1.165) is 49.9 Å². The lowest BCUT2D eigenvalue weighted by molar-refractivity contribution is 0.192. The van der Waals surface area contributed by atoms with E-state index >= 15 is 0 Å².